The fourth-order valence-corrected chi connectivity index (χ4v) is 6.56. The fourth-order valence-electron chi connectivity index (χ4n) is 5.52. The fraction of sp³-hybridized carbons (Fsp3) is 0.162. The molecule has 2 aromatic heterocycles. The Morgan fingerprint density at radius 3 is 2.43 bits per heavy atom. The van der Waals surface area contributed by atoms with Crippen LogP contribution in [0.3, 0.4) is 0 Å². The Morgan fingerprint density at radius 1 is 1.00 bits per heavy atom. The second-order valence-corrected chi connectivity index (χ2v) is 11.9. The lowest BCUT2D eigenvalue weighted by Crippen LogP contribution is -2.40. The summed E-state index contributed by atoms with van der Waals surface area (Å²) in [5.74, 6) is -0.0104. The molecule has 0 aliphatic carbocycles. The smallest absolute Gasteiger partial charge is 0.338 e. The van der Waals surface area contributed by atoms with Gasteiger partial charge in [-0.1, -0.05) is 48.3 Å². The van der Waals surface area contributed by atoms with Gasteiger partial charge in [-0.25, -0.2) is 14.5 Å². The first-order valence-electron chi connectivity index (χ1n) is 15.2. The van der Waals surface area contributed by atoms with E-state index in [4.69, 9.17) is 24.0 Å². The van der Waals surface area contributed by atoms with Gasteiger partial charge in [-0.3, -0.25) is 14.2 Å². The number of thiazole rings is 1. The van der Waals surface area contributed by atoms with E-state index in [0.717, 1.165) is 11.3 Å². The van der Waals surface area contributed by atoms with Gasteiger partial charge in [0.1, 0.15) is 18.1 Å². The summed E-state index contributed by atoms with van der Waals surface area (Å²) in [6, 6.07) is 21.1. The van der Waals surface area contributed by atoms with E-state index in [-0.39, 0.29) is 29.2 Å². The van der Waals surface area contributed by atoms with Crippen molar-refractivity contribution < 1.29 is 28.5 Å². The molecule has 11 nitrogen and oxygen atoms in total. The van der Waals surface area contributed by atoms with E-state index in [0.29, 0.717) is 37.6 Å². The molecule has 0 bridgehead atoms. The second-order valence-electron chi connectivity index (χ2n) is 10.9. The van der Waals surface area contributed by atoms with Crippen LogP contribution in [-0.4, -0.2) is 47.1 Å². The molecule has 0 radical (unpaired) electrons. The molecule has 248 valence electrons. The number of fused-ring (bicyclic) bond motifs is 1. The number of benzene rings is 3. The van der Waals surface area contributed by atoms with Crippen LogP contribution in [0.5, 0.6) is 17.2 Å². The number of carbonyl (C=O) groups is 2. The Morgan fingerprint density at radius 2 is 1.76 bits per heavy atom. The van der Waals surface area contributed by atoms with Gasteiger partial charge in [0.15, 0.2) is 16.3 Å². The number of esters is 2. The highest BCUT2D eigenvalue weighted by Crippen LogP contribution is 2.36. The number of rotatable bonds is 10. The number of hydrogen-bond acceptors (Lipinski definition) is 10. The van der Waals surface area contributed by atoms with Gasteiger partial charge in [-0.15, -0.1) is 0 Å². The molecule has 5 aromatic rings. The molecule has 0 amide bonds. The van der Waals surface area contributed by atoms with E-state index in [1.54, 1.807) is 43.0 Å². The van der Waals surface area contributed by atoms with Crippen LogP contribution in [0.4, 0.5) is 0 Å². The molecule has 1 aliphatic rings. The van der Waals surface area contributed by atoms with Crippen LogP contribution in [0.25, 0.3) is 23.0 Å². The molecule has 3 heterocycles. The molecule has 0 spiro atoms. The first-order chi connectivity index (χ1) is 23.7. The van der Waals surface area contributed by atoms with Gasteiger partial charge in [0.25, 0.3) is 5.56 Å². The summed E-state index contributed by atoms with van der Waals surface area (Å²) < 4.78 is 25.2. The zero-order valence-electron chi connectivity index (χ0n) is 27.2. The Kier molecular flexibility index (Phi) is 9.40. The molecule has 0 unspecified atom stereocenters. The molecular formula is C37H32N4O7S. The van der Waals surface area contributed by atoms with Crippen LogP contribution in [-0.2, 0) is 14.3 Å². The number of carbonyl (C=O) groups excluding carboxylic acids is 2. The molecule has 0 N–H and O–H groups in total. The predicted molar refractivity (Wildman–Crippen MR) is 185 cm³/mol. The van der Waals surface area contributed by atoms with Crippen molar-refractivity contribution >= 4 is 29.4 Å². The van der Waals surface area contributed by atoms with Gasteiger partial charge >= 0.3 is 11.9 Å². The highest BCUT2D eigenvalue weighted by Gasteiger charge is 2.34. The van der Waals surface area contributed by atoms with Crippen LogP contribution >= 0.6 is 11.3 Å². The molecule has 0 saturated carbocycles. The number of nitrogens with zero attached hydrogens (tertiary/aromatic N) is 4. The summed E-state index contributed by atoms with van der Waals surface area (Å²) in [7, 11) is 3.04. The first kappa shape index (κ1) is 32.9. The lowest BCUT2D eigenvalue weighted by molar-refractivity contribution is -0.138. The second kappa shape index (κ2) is 14.0. The Labute approximate surface area is 285 Å². The number of aromatic nitrogens is 3. The van der Waals surface area contributed by atoms with Crippen molar-refractivity contribution in [3.8, 4) is 34.2 Å². The van der Waals surface area contributed by atoms with Gasteiger partial charge < -0.3 is 18.9 Å². The molecule has 0 fully saturated rings. The summed E-state index contributed by atoms with van der Waals surface area (Å²) >= 11 is 1.20. The van der Waals surface area contributed by atoms with Crippen molar-refractivity contribution in [2.75, 3.05) is 20.8 Å². The summed E-state index contributed by atoms with van der Waals surface area (Å²) in [5, 5.41) is 4.89. The van der Waals surface area contributed by atoms with Crippen molar-refractivity contribution in [2.24, 2.45) is 4.99 Å². The molecule has 1 aliphatic heterocycles. The van der Waals surface area contributed by atoms with Crippen molar-refractivity contribution in [3.63, 3.8) is 0 Å². The third-order valence-corrected chi connectivity index (χ3v) is 8.73. The van der Waals surface area contributed by atoms with Crippen LogP contribution in [0, 0.1) is 0 Å². The van der Waals surface area contributed by atoms with Crippen LogP contribution < -0.4 is 29.1 Å². The van der Waals surface area contributed by atoms with Crippen LogP contribution in [0.2, 0.25) is 0 Å². The van der Waals surface area contributed by atoms with Gasteiger partial charge in [0.2, 0.25) is 0 Å². The van der Waals surface area contributed by atoms with E-state index in [1.165, 1.54) is 36.0 Å². The zero-order chi connectivity index (χ0) is 34.7. The maximum atomic E-state index is 14.4. The summed E-state index contributed by atoms with van der Waals surface area (Å²) in [6.45, 7) is 6.60. The number of ether oxygens (including phenoxy) is 4. The van der Waals surface area contributed by atoms with Gasteiger partial charge in [0.05, 0.1) is 41.8 Å². The Hall–Kier alpha value is -6.01. The molecular weight excluding hydrogens is 644 g/mol. The van der Waals surface area contributed by atoms with Crippen LogP contribution in [0.1, 0.15) is 31.0 Å². The molecule has 12 heteroatoms. The van der Waals surface area contributed by atoms with Crippen molar-refractivity contribution in [3.05, 3.63) is 134 Å². The summed E-state index contributed by atoms with van der Waals surface area (Å²) in [5.41, 5.74) is 3.76. The number of methoxy groups -OCH3 is 2. The maximum Gasteiger partial charge on any atom is 0.338 e. The quantitative estimate of drug-likeness (QED) is 0.118. The zero-order valence-corrected chi connectivity index (χ0v) is 28.0. The third kappa shape index (κ3) is 6.58. The van der Waals surface area contributed by atoms with Crippen molar-refractivity contribution in [1.29, 1.82) is 0 Å². The number of allylic oxidation sites excluding steroid dienone is 1. The lowest BCUT2D eigenvalue weighted by atomic mass is 9.95. The highest BCUT2D eigenvalue weighted by molar-refractivity contribution is 7.07. The molecule has 1 atom stereocenters. The van der Waals surface area contributed by atoms with Crippen molar-refractivity contribution in [1.82, 2.24) is 14.3 Å². The van der Waals surface area contributed by atoms with Gasteiger partial charge in [-0.05, 0) is 67.1 Å². The minimum Gasteiger partial charge on any atom is -0.497 e. The largest absolute Gasteiger partial charge is 0.497 e. The first-order valence-corrected chi connectivity index (χ1v) is 16.0. The number of para-hydroxylation sites is 1. The van der Waals surface area contributed by atoms with E-state index in [9.17, 15) is 14.4 Å². The minimum absolute atomic E-state index is 0.0268. The van der Waals surface area contributed by atoms with E-state index in [1.807, 2.05) is 60.8 Å². The Bertz CT molecular complexity index is 2280. The monoisotopic (exact) mass is 676 g/mol. The lowest BCUT2D eigenvalue weighted by Gasteiger charge is -2.25. The molecule has 49 heavy (non-hydrogen) atoms. The van der Waals surface area contributed by atoms with Crippen molar-refractivity contribution in [2.45, 2.75) is 19.9 Å². The highest BCUT2D eigenvalue weighted by atomic mass is 32.1. The predicted octanol–water partition coefficient (Wildman–Crippen LogP) is 4.76. The normalized spacial score (nSPS) is 14.1. The van der Waals surface area contributed by atoms with E-state index in [2.05, 4.69) is 11.6 Å². The average Bonchev–Trinajstić information content (AvgIpc) is 3.67. The molecule has 0 saturated heterocycles. The van der Waals surface area contributed by atoms with E-state index < -0.39 is 18.0 Å². The molecule has 3 aromatic carbocycles. The van der Waals surface area contributed by atoms with Gasteiger partial charge in [-0.2, -0.15) is 5.10 Å². The van der Waals surface area contributed by atoms with E-state index >= 15 is 0 Å². The standard InChI is InChI=1S/C37H32N4O7S/c1-6-18-47-36(44)32-22(2)38-37-41(34(32)25-14-17-29(48-23(3)42)30(19-25)46-5)35(43)31(49-37)20-26-21-40(27-10-8-7-9-11-27)39-33(26)24-12-15-28(45-4)16-13-24/h6-17,19-21,34H,1,18H2,2-5H3/b31-20-/t34-/m1/s1. The minimum atomic E-state index is -0.927. The maximum absolute atomic E-state index is 14.4. The summed E-state index contributed by atoms with van der Waals surface area (Å²) in [4.78, 5) is 44.7. The average molecular weight is 677 g/mol. The van der Waals surface area contributed by atoms with Gasteiger partial charge in [0, 0.05) is 24.2 Å². The topological polar surface area (TPSA) is 123 Å². The number of hydrogen-bond donors (Lipinski definition) is 0. The summed E-state index contributed by atoms with van der Waals surface area (Å²) in [6.07, 6.45) is 5.11. The van der Waals surface area contributed by atoms with Crippen LogP contribution in [0.15, 0.2) is 113 Å². The SMILES string of the molecule is C=CCOC(=O)C1=C(C)N=c2s/c(=C\c3cn(-c4ccccc4)nc3-c3ccc(OC)cc3)c(=O)n2[C@@H]1c1ccc(OC(C)=O)c(OC)c1. The Balaban J connectivity index is 1.55. The molecule has 6 rings (SSSR count). The third-order valence-electron chi connectivity index (χ3n) is 7.74.